The predicted octanol–water partition coefficient (Wildman–Crippen LogP) is 3.45. The number of carbonyl (C=O) groups is 2. The molecule has 0 radical (unpaired) electrons. The highest BCUT2D eigenvalue weighted by molar-refractivity contribution is 7.92. The minimum atomic E-state index is -3.80. The molecule has 1 atom stereocenters. The van der Waals surface area contributed by atoms with E-state index in [-0.39, 0.29) is 12.5 Å². The van der Waals surface area contributed by atoms with Crippen molar-refractivity contribution in [1.29, 1.82) is 0 Å². The summed E-state index contributed by atoms with van der Waals surface area (Å²) < 4.78 is 31.3. The Morgan fingerprint density at radius 3 is 2.24 bits per heavy atom. The second-order valence-corrected chi connectivity index (χ2v) is 11.4. The molecule has 0 spiro atoms. The number of ether oxygens (including phenoxy) is 1. The molecule has 186 valence electrons. The Balaban J connectivity index is 2.39. The summed E-state index contributed by atoms with van der Waals surface area (Å²) in [6.07, 6.45) is 1.03. The molecule has 0 aliphatic rings. The van der Waals surface area contributed by atoms with Crippen LogP contribution in [0.25, 0.3) is 0 Å². The number of rotatable bonds is 9. The standard InChI is InChI=1S/C24H32ClN3O5S/c1-17(23(30)26-24(2,3)4)27(15-18-8-7-9-19(25)14-18)22(29)16-28(34(6,31)32)20-10-12-21(33-5)13-11-20/h7-14,17H,15-16H2,1-6H3,(H,26,30)/t17-/m0/s1. The molecule has 2 aromatic rings. The van der Waals surface area contributed by atoms with Crippen LogP contribution in [-0.4, -0.2) is 56.6 Å². The van der Waals surface area contributed by atoms with Crippen LogP contribution in [-0.2, 0) is 26.2 Å². The van der Waals surface area contributed by atoms with Gasteiger partial charge in [-0.3, -0.25) is 13.9 Å². The first-order valence-corrected chi connectivity index (χ1v) is 12.9. The highest BCUT2D eigenvalue weighted by atomic mass is 35.5. The van der Waals surface area contributed by atoms with Crippen LogP contribution in [0, 0.1) is 0 Å². The molecule has 2 aromatic carbocycles. The maximum Gasteiger partial charge on any atom is 0.244 e. The molecule has 0 aliphatic carbocycles. The van der Waals surface area contributed by atoms with Gasteiger partial charge in [-0.1, -0.05) is 23.7 Å². The van der Waals surface area contributed by atoms with Gasteiger partial charge >= 0.3 is 0 Å². The average Bonchev–Trinajstić information content (AvgIpc) is 2.73. The zero-order chi connectivity index (χ0) is 25.7. The molecule has 0 aliphatic heterocycles. The Kier molecular flexibility index (Phi) is 8.96. The minimum Gasteiger partial charge on any atom is -0.497 e. The van der Waals surface area contributed by atoms with E-state index in [1.165, 1.54) is 12.0 Å². The van der Waals surface area contributed by atoms with Gasteiger partial charge in [-0.15, -0.1) is 0 Å². The molecule has 8 nitrogen and oxygen atoms in total. The van der Waals surface area contributed by atoms with Crippen LogP contribution in [0.1, 0.15) is 33.3 Å². The third kappa shape index (κ3) is 7.92. The predicted molar refractivity (Wildman–Crippen MR) is 135 cm³/mol. The largest absolute Gasteiger partial charge is 0.497 e. The summed E-state index contributed by atoms with van der Waals surface area (Å²) in [7, 11) is -2.29. The van der Waals surface area contributed by atoms with Crippen molar-refractivity contribution in [2.45, 2.75) is 45.8 Å². The van der Waals surface area contributed by atoms with Gasteiger partial charge in [-0.25, -0.2) is 8.42 Å². The lowest BCUT2D eigenvalue weighted by atomic mass is 10.1. The fourth-order valence-electron chi connectivity index (χ4n) is 3.25. The van der Waals surface area contributed by atoms with Crippen LogP contribution in [0.3, 0.4) is 0 Å². The summed E-state index contributed by atoms with van der Waals surface area (Å²) in [5.41, 5.74) is 0.524. The van der Waals surface area contributed by atoms with Gasteiger partial charge in [-0.05, 0) is 69.7 Å². The number of amides is 2. The molecule has 0 bridgehead atoms. The number of nitrogens with one attached hydrogen (secondary N) is 1. The molecule has 1 N–H and O–H groups in total. The molecule has 0 aromatic heterocycles. The van der Waals surface area contributed by atoms with Crippen molar-refractivity contribution >= 4 is 39.1 Å². The lowest BCUT2D eigenvalue weighted by Gasteiger charge is -2.33. The van der Waals surface area contributed by atoms with E-state index in [4.69, 9.17) is 16.3 Å². The van der Waals surface area contributed by atoms with Gasteiger partial charge in [-0.2, -0.15) is 0 Å². The normalized spacial score (nSPS) is 12.6. The number of hydrogen-bond donors (Lipinski definition) is 1. The molecule has 0 fully saturated rings. The van der Waals surface area contributed by atoms with Crippen LogP contribution in [0.2, 0.25) is 5.02 Å². The van der Waals surface area contributed by atoms with Crippen LogP contribution < -0.4 is 14.4 Å². The smallest absolute Gasteiger partial charge is 0.244 e. The molecule has 0 saturated heterocycles. The highest BCUT2D eigenvalue weighted by Crippen LogP contribution is 2.22. The number of anilines is 1. The van der Waals surface area contributed by atoms with Crippen LogP contribution in [0.15, 0.2) is 48.5 Å². The van der Waals surface area contributed by atoms with Crippen molar-refractivity contribution in [2.75, 3.05) is 24.2 Å². The maximum absolute atomic E-state index is 13.5. The van der Waals surface area contributed by atoms with E-state index < -0.39 is 34.1 Å². The summed E-state index contributed by atoms with van der Waals surface area (Å²) in [5.74, 6) is -0.324. The Labute approximate surface area is 206 Å². The molecular weight excluding hydrogens is 478 g/mol. The van der Waals surface area contributed by atoms with Crippen molar-refractivity contribution < 1.29 is 22.7 Å². The lowest BCUT2D eigenvalue weighted by molar-refractivity contribution is -0.140. The molecule has 10 heteroatoms. The first kappa shape index (κ1) is 27.5. The van der Waals surface area contributed by atoms with Gasteiger partial charge < -0.3 is 15.0 Å². The van der Waals surface area contributed by atoms with Gasteiger partial charge in [0.15, 0.2) is 0 Å². The summed E-state index contributed by atoms with van der Waals surface area (Å²) in [6, 6.07) is 12.4. The maximum atomic E-state index is 13.5. The number of benzene rings is 2. The van der Waals surface area contributed by atoms with Gasteiger partial charge in [0.1, 0.15) is 18.3 Å². The van der Waals surface area contributed by atoms with E-state index in [0.29, 0.717) is 22.0 Å². The average molecular weight is 510 g/mol. The third-order valence-electron chi connectivity index (χ3n) is 4.95. The van der Waals surface area contributed by atoms with Crippen molar-refractivity contribution in [1.82, 2.24) is 10.2 Å². The summed E-state index contributed by atoms with van der Waals surface area (Å²) in [6.45, 7) is 6.75. The van der Waals surface area contributed by atoms with E-state index in [9.17, 15) is 18.0 Å². The topological polar surface area (TPSA) is 96.0 Å². The van der Waals surface area contributed by atoms with Crippen LogP contribution in [0.4, 0.5) is 5.69 Å². The number of methoxy groups -OCH3 is 1. The number of nitrogens with zero attached hydrogens (tertiary/aromatic N) is 2. The molecule has 2 amide bonds. The number of halogens is 1. The van der Waals surface area contributed by atoms with E-state index in [2.05, 4.69) is 5.32 Å². The highest BCUT2D eigenvalue weighted by Gasteiger charge is 2.31. The zero-order valence-electron chi connectivity index (χ0n) is 20.3. The first-order chi connectivity index (χ1) is 15.7. The fourth-order valence-corrected chi connectivity index (χ4v) is 4.31. The van der Waals surface area contributed by atoms with Gasteiger partial charge in [0.05, 0.1) is 19.1 Å². The lowest BCUT2D eigenvalue weighted by Crippen LogP contribution is -2.54. The van der Waals surface area contributed by atoms with Crippen molar-refractivity contribution in [3.63, 3.8) is 0 Å². The zero-order valence-corrected chi connectivity index (χ0v) is 21.9. The van der Waals surface area contributed by atoms with Gasteiger partial charge in [0.25, 0.3) is 0 Å². The van der Waals surface area contributed by atoms with E-state index in [0.717, 1.165) is 10.6 Å². The van der Waals surface area contributed by atoms with E-state index in [1.807, 2.05) is 20.8 Å². The summed E-state index contributed by atoms with van der Waals surface area (Å²) in [5, 5.41) is 3.37. The van der Waals surface area contributed by atoms with Crippen LogP contribution >= 0.6 is 11.6 Å². The molecule has 0 unspecified atom stereocenters. The Morgan fingerprint density at radius 1 is 1.12 bits per heavy atom. The monoisotopic (exact) mass is 509 g/mol. The Bertz CT molecular complexity index is 1110. The second-order valence-electron chi connectivity index (χ2n) is 9.03. The molecular formula is C24H32ClN3O5S. The summed E-state index contributed by atoms with van der Waals surface area (Å²) >= 11 is 6.11. The molecule has 34 heavy (non-hydrogen) atoms. The number of carbonyl (C=O) groups excluding carboxylic acids is 2. The number of hydrogen-bond acceptors (Lipinski definition) is 5. The van der Waals surface area contributed by atoms with E-state index in [1.54, 1.807) is 55.5 Å². The van der Waals surface area contributed by atoms with Crippen molar-refractivity contribution in [3.05, 3.63) is 59.1 Å². The SMILES string of the molecule is COc1ccc(N(CC(=O)N(Cc2cccc(Cl)c2)[C@@H](C)C(=O)NC(C)(C)C)S(C)(=O)=O)cc1. The third-order valence-corrected chi connectivity index (χ3v) is 6.32. The molecule has 0 heterocycles. The fraction of sp³-hybridized carbons (Fsp3) is 0.417. The van der Waals surface area contributed by atoms with Gasteiger partial charge in [0, 0.05) is 17.1 Å². The summed E-state index contributed by atoms with van der Waals surface area (Å²) in [4.78, 5) is 27.7. The van der Waals surface area contributed by atoms with E-state index >= 15 is 0 Å². The Morgan fingerprint density at radius 2 is 1.74 bits per heavy atom. The number of sulfonamides is 1. The quantitative estimate of drug-likeness (QED) is 0.558. The first-order valence-electron chi connectivity index (χ1n) is 10.7. The van der Waals surface area contributed by atoms with Crippen LogP contribution in [0.5, 0.6) is 5.75 Å². The molecule has 2 rings (SSSR count). The Hall–Kier alpha value is -2.78. The van der Waals surface area contributed by atoms with Gasteiger partial charge in [0.2, 0.25) is 21.8 Å². The van der Waals surface area contributed by atoms with Crippen molar-refractivity contribution in [2.24, 2.45) is 0 Å². The minimum absolute atomic E-state index is 0.0817. The van der Waals surface area contributed by atoms with Crippen molar-refractivity contribution in [3.8, 4) is 5.75 Å². The second kappa shape index (κ2) is 11.1. The molecule has 0 saturated carbocycles.